The maximum Gasteiger partial charge on any atom is 0.348 e. The van der Waals surface area contributed by atoms with Gasteiger partial charge in [-0.2, -0.15) is 0 Å². The number of esters is 2. The lowest BCUT2D eigenvalue weighted by molar-refractivity contribution is -0.0710. The summed E-state index contributed by atoms with van der Waals surface area (Å²) < 4.78 is 9.81. The monoisotopic (exact) mass is 464 g/mol. The summed E-state index contributed by atoms with van der Waals surface area (Å²) in [6.45, 7) is 3.95. The van der Waals surface area contributed by atoms with Gasteiger partial charge in [0.15, 0.2) is 5.11 Å². The van der Waals surface area contributed by atoms with Gasteiger partial charge in [0.2, 0.25) is 0 Å². The number of ether oxygens (including phenoxy) is 2. The number of methoxy groups -OCH3 is 2. The highest BCUT2D eigenvalue weighted by Crippen LogP contribution is 2.61. The van der Waals surface area contributed by atoms with Crippen LogP contribution in [0.3, 0.4) is 0 Å². The van der Waals surface area contributed by atoms with Crippen molar-refractivity contribution in [1.82, 2.24) is 5.32 Å². The Morgan fingerprint density at radius 2 is 1.65 bits per heavy atom. The Morgan fingerprint density at radius 3 is 2.13 bits per heavy atom. The lowest BCUT2D eigenvalue weighted by Crippen LogP contribution is -2.57. The molecule has 1 aromatic rings. The molecule has 1 heterocycles. The van der Waals surface area contributed by atoms with E-state index >= 15 is 0 Å². The van der Waals surface area contributed by atoms with Gasteiger partial charge < -0.3 is 20.1 Å². The van der Waals surface area contributed by atoms with E-state index in [0.29, 0.717) is 37.6 Å². The molecule has 4 bridgehead atoms. The van der Waals surface area contributed by atoms with Gasteiger partial charge in [0.05, 0.1) is 19.8 Å². The zero-order valence-electron chi connectivity index (χ0n) is 18.7. The quantitative estimate of drug-likeness (QED) is 0.457. The molecule has 4 fully saturated rings. The fourth-order valence-corrected chi connectivity index (χ4v) is 8.25. The van der Waals surface area contributed by atoms with Crippen LogP contribution in [0.15, 0.2) is 0 Å². The molecule has 8 heteroatoms. The molecule has 1 unspecified atom stereocenters. The van der Waals surface area contributed by atoms with Gasteiger partial charge in [-0.15, -0.1) is 11.3 Å². The van der Waals surface area contributed by atoms with Crippen LogP contribution in [0.1, 0.15) is 77.5 Å². The van der Waals surface area contributed by atoms with Gasteiger partial charge in [-0.05, 0) is 92.8 Å². The van der Waals surface area contributed by atoms with Crippen molar-refractivity contribution in [2.24, 2.45) is 23.2 Å². The third kappa shape index (κ3) is 4.09. The maximum atomic E-state index is 12.4. The SMILES string of the molecule is CCC(NC(=S)Nc1sc(C(=O)OC)c(C)c1C(=O)OC)C12CC3CC(CC(C3)C1)C2. The lowest BCUT2D eigenvalue weighted by Gasteiger charge is -2.59. The van der Waals surface area contributed by atoms with E-state index in [1.54, 1.807) is 6.92 Å². The number of thiocarbonyl (C=S) groups is 1. The molecule has 4 aliphatic carbocycles. The second kappa shape index (κ2) is 8.70. The summed E-state index contributed by atoms with van der Waals surface area (Å²) in [6, 6.07) is 0.309. The highest BCUT2D eigenvalue weighted by Gasteiger charge is 2.53. The zero-order valence-corrected chi connectivity index (χ0v) is 20.3. The molecular formula is C23H32N2O4S2. The Bertz CT molecular complexity index is 859. The van der Waals surface area contributed by atoms with Gasteiger partial charge in [-0.1, -0.05) is 6.92 Å². The standard InChI is InChI=1S/C23H32N2O4S2/c1-5-16(23-9-13-6-14(10-23)8-15(7-13)11-23)24-22(30)25-19-17(20(26)28-3)12(2)18(31-19)21(27)29-4/h13-16H,5-11H2,1-4H3,(H2,24,25,30). The summed E-state index contributed by atoms with van der Waals surface area (Å²) >= 11 is 6.85. The molecule has 1 atom stereocenters. The number of hydrogen-bond donors (Lipinski definition) is 2. The molecule has 0 aromatic carbocycles. The first-order valence-electron chi connectivity index (χ1n) is 11.2. The smallest absolute Gasteiger partial charge is 0.348 e. The Labute approximate surface area is 193 Å². The fraction of sp³-hybridized carbons (Fsp3) is 0.696. The third-order valence-corrected chi connectivity index (χ3v) is 9.08. The topological polar surface area (TPSA) is 76.7 Å². The van der Waals surface area contributed by atoms with Crippen LogP contribution in [0, 0.1) is 30.1 Å². The highest BCUT2D eigenvalue weighted by atomic mass is 32.1. The third-order valence-electron chi connectivity index (χ3n) is 7.67. The van der Waals surface area contributed by atoms with E-state index in [1.807, 2.05) is 0 Å². The molecule has 1 aromatic heterocycles. The molecule has 6 nitrogen and oxygen atoms in total. The molecule has 0 amide bonds. The second-order valence-electron chi connectivity index (χ2n) is 9.58. The van der Waals surface area contributed by atoms with Crippen molar-refractivity contribution >= 4 is 45.6 Å². The van der Waals surface area contributed by atoms with Gasteiger partial charge in [0.25, 0.3) is 0 Å². The predicted octanol–water partition coefficient (Wildman–Crippen LogP) is 4.91. The number of thiophene rings is 1. The fourth-order valence-electron chi connectivity index (χ4n) is 6.83. The van der Waals surface area contributed by atoms with Crippen LogP contribution in [-0.2, 0) is 9.47 Å². The van der Waals surface area contributed by atoms with E-state index in [4.69, 9.17) is 21.7 Å². The van der Waals surface area contributed by atoms with Gasteiger partial charge in [-0.3, -0.25) is 0 Å². The van der Waals surface area contributed by atoms with Gasteiger partial charge in [0.1, 0.15) is 9.88 Å². The number of nitrogens with one attached hydrogen (secondary N) is 2. The Morgan fingerprint density at radius 1 is 1.10 bits per heavy atom. The average molecular weight is 465 g/mol. The van der Waals surface area contributed by atoms with Crippen LogP contribution in [-0.4, -0.2) is 37.3 Å². The normalized spacial score (nSPS) is 29.4. The Balaban J connectivity index is 1.53. The van der Waals surface area contributed by atoms with Crippen molar-refractivity contribution in [2.45, 2.75) is 64.8 Å². The van der Waals surface area contributed by atoms with E-state index in [0.717, 1.165) is 24.2 Å². The van der Waals surface area contributed by atoms with Crippen LogP contribution >= 0.6 is 23.6 Å². The van der Waals surface area contributed by atoms with Gasteiger partial charge in [0, 0.05) is 6.04 Å². The summed E-state index contributed by atoms with van der Waals surface area (Å²) in [5.74, 6) is 1.65. The molecule has 2 N–H and O–H groups in total. The molecular weight excluding hydrogens is 432 g/mol. The summed E-state index contributed by atoms with van der Waals surface area (Å²) in [6.07, 6.45) is 9.12. The van der Waals surface area contributed by atoms with Crippen molar-refractivity contribution in [3.05, 3.63) is 16.0 Å². The molecule has 170 valence electrons. The lowest BCUT2D eigenvalue weighted by atomic mass is 9.47. The maximum absolute atomic E-state index is 12.4. The van der Waals surface area contributed by atoms with Crippen LogP contribution < -0.4 is 10.6 Å². The largest absolute Gasteiger partial charge is 0.465 e. The van der Waals surface area contributed by atoms with Gasteiger partial charge in [-0.25, -0.2) is 9.59 Å². The zero-order chi connectivity index (χ0) is 22.3. The minimum Gasteiger partial charge on any atom is -0.465 e. The summed E-state index contributed by atoms with van der Waals surface area (Å²) in [7, 11) is 2.66. The number of anilines is 1. The van der Waals surface area contributed by atoms with E-state index in [9.17, 15) is 9.59 Å². The summed E-state index contributed by atoms with van der Waals surface area (Å²) in [5.41, 5.74) is 1.20. The van der Waals surface area contributed by atoms with Crippen LogP contribution in [0.4, 0.5) is 5.00 Å². The average Bonchev–Trinajstić information content (AvgIpc) is 3.05. The van der Waals surface area contributed by atoms with Crippen molar-refractivity contribution in [1.29, 1.82) is 0 Å². The van der Waals surface area contributed by atoms with Crippen molar-refractivity contribution in [2.75, 3.05) is 19.5 Å². The minimum absolute atomic E-state index is 0.309. The molecule has 0 saturated heterocycles. The number of hydrogen-bond acceptors (Lipinski definition) is 6. The highest BCUT2D eigenvalue weighted by molar-refractivity contribution is 7.80. The molecule has 0 radical (unpaired) electrons. The molecule has 4 aliphatic rings. The van der Waals surface area contributed by atoms with E-state index < -0.39 is 11.9 Å². The predicted molar refractivity (Wildman–Crippen MR) is 126 cm³/mol. The first kappa shape index (κ1) is 22.5. The number of rotatable bonds is 6. The number of carbonyl (C=O) groups is 2. The molecule has 5 rings (SSSR count). The minimum atomic E-state index is -0.498. The summed E-state index contributed by atoms with van der Waals surface area (Å²) in [4.78, 5) is 24.9. The molecule has 0 spiro atoms. The van der Waals surface area contributed by atoms with E-state index in [1.165, 1.54) is 64.1 Å². The first-order chi connectivity index (χ1) is 14.8. The second-order valence-corrected chi connectivity index (χ2v) is 11.0. The Hall–Kier alpha value is -1.67. The number of carbonyl (C=O) groups excluding carboxylic acids is 2. The van der Waals surface area contributed by atoms with Crippen LogP contribution in [0.5, 0.6) is 0 Å². The van der Waals surface area contributed by atoms with Crippen molar-refractivity contribution in [3.8, 4) is 0 Å². The van der Waals surface area contributed by atoms with E-state index in [2.05, 4.69) is 17.6 Å². The van der Waals surface area contributed by atoms with Crippen molar-refractivity contribution < 1.29 is 19.1 Å². The van der Waals surface area contributed by atoms with Crippen molar-refractivity contribution in [3.63, 3.8) is 0 Å². The first-order valence-corrected chi connectivity index (χ1v) is 12.4. The van der Waals surface area contributed by atoms with Crippen LogP contribution in [0.2, 0.25) is 0 Å². The van der Waals surface area contributed by atoms with Gasteiger partial charge >= 0.3 is 11.9 Å². The van der Waals surface area contributed by atoms with Crippen LogP contribution in [0.25, 0.3) is 0 Å². The molecule has 4 saturated carbocycles. The molecule has 0 aliphatic heterocycles. The molecule has 31 heavy (non-hydrogen) atoms. The van der Waals surface area contributed by atoms with E-state index in [-0.39, 0.29) is 0 Å². The summed E-state index contributed by atoms with van der Waals surface area (Å²) in [5, 5.41) is 7.79. The Kier molecular flexibility index (Phi) is 6.32.